The quantitative estimate of drug-likeness (QED) is 0.840. The molecule has 1 aliphatic heterocycles. The summed E-state index contributed by atoms with van der Waals surface area (Å²) >= 11 is 0. The SMILES string of the molecule is COc1ccccc1CNC(=O)c1ccc(OC[C@H]2CCCO2)cc1. The van der Waals surface area contributed by atoms with Crippen LogP contribution in [-0.2, 0) is 11.3 Å². The van der Waals surface area contributed by atoms with E-state index in [2.05, 4.69) is 5.32 Å². The molecule has 0 spiro atoms. The van der Waals surface area contributed by atoms with Gasteiger partial charge in [-0.25, -0.2) is 0 Å². The molecule has 0 bridgehead atoms. The Balaban J connectivity index is 1.51. The zero-order valence-electron chi connectivity index (χ0n) is 14.4. The predicted molar refractivity (Wildman–Crippen MR) is 95.1 cm³/mol. The molecule has 132 valence electrons. The number of carbonyl (C=O) groups excluding carboxylic acids is 1. The third kappa shape index (κ3) is 4.73. The van der Waals surface area contributed by atoms with Crippen LogP contribution in [0.1, 0.15) is 28.8 Å². The Labute approximate surface area is 147 Å². The summed E-state index contributed by atoms with van der Waals surface area (Å²) in [5, 5.41) is 2.91. The second-order valence-corrected chi connectivity index (χ2v) is 5.96. The van der Waals surface area contributed by atoms with Crippen LogP contribution in [0.25, 0.3) is 0 Å². The molecule has 0 unspecified atom stereocenters. The summed E-state index contributed by atoms with van der Waals surface area (Å²) in [7, 11) is 1.62. The first kappa shape index (κ1) is 17.3. The maximum absolute atomic E-state index is 12.3. The van der Waals surface area contributed by atoms with Crippen LogP contribution in [0.5, 0.6) is 11.5 Å². The third-order valence-corrected chi connectivity index (χ3v) is 4.21. The monoisotopic (exact) mass is 341 g/mol. The van der Waals surface area contributed by atoms with Crippen LogP contribution >= 0.6 is 0 Å². The second kappa shape index (κ2) is 8.53. The predicted octanol–water partition coefficient (Wildman–Crippen LogP) is 3.18. The largest absolute Gasteiger partial charge is 0.496 e. The van der Waals surface area contributed by atoms with Crippen molar-refractivity contribution in [2.45, 2.75) is 25.5 Å². The average Bonchev–Trinajstić information content (AvgIpc) is 3.18. The number of hydrogen-bond donors (Lipinski definition) is 1. The van der Waals surface area contributed by atoms with E-state index in [9.17, 15) is 4.79 Å². The molecule has 1 N–H and O–H groups in total. The highest BCUT2D eigenvalue weighted by molar-refractivity contribution is 5.94. The van der Waals surface area contributed by atoms with Gasteiger partial charge >= 0.3 is 0 Å². The van der Waals surface area contributed by atoms with Gasteiger partial charge in [-0.3, -0.25) is 4.79 Å². The fraction of sp³-hybridized carbons (Fsp3) is 0.350. The Morgan fingerprint density at radius 2 is 2.00 bits per heavy atom. The summed E-state index contributed by atoms with van der Waals surface area (Å²) in [5.74, 6) is 1.38. The highest BCUT2D eigenvalue weighted by Crippen LogP contribution is 2.18. The van der Waals surface area contributed by atoms with Gasteiger partial charge in [-0.2, -0.15) is 0 Å². The van der Waals surface area contributed by atoms with Crippen LogP contribution in [0, 0.1) is 0 Å². The van der Waals surface area contributed by atoms with Crippen molar-refractivity contribution in [1.82, 2.24) is 5.32 Å². The van der Waals surface area contributed by atoms with Crippen molar-refractivity contribution >= 4 is 5.91 Å². The number of benzene rings is 2. The smallest absolute Gasteiger partial charge is 0.251 e. The van der Waals surface area contributed by atoms with Crippen molar-refractivity contribution in [3.8, 4) is 11.5 Å². The highest BCUT2D eigenvalue weighted by Gasteiger charge is 2.16. The summed E-state index contributed by atoms with van der Waals surface area (Å²) in [6.45, 7) is 1.79. The molecule has 25 heavy (non-hydrogen) atoms. The molecule has 2 aromatic rings. The van der Waals surface area contributed by atoms with Crippen molar-refractivity contribution in [2.24, 2.45) is 0 Å². The van der Waals surface area contributed by atoms with Crippen LogP contribution < -0.4 is 14.8 Å². The summed E-state index contributed by atoms with van der Waals surface area (Å²) in [5.41, 5.74) is 1.54. The second-order valence-electron chi connectivity index (χ2n) is 5.96. The van der Waals surface area contributed by atoms with E-state index in [1.807, 2.05) is 36.4 Å². The first-order valence-corrected chi connectivity index (χ1v) is 8.51. The molecule has 1 saturated heterocycles. The number of carbonyl (C=O) groups is 1. The van der Waals surface area contributed by atoms with E-state index < -0.39 is 0 Å². The van der Waals surface area contributed by atoms with Crippen molar-refractivity contribution in [2.75, 3.05) is 20.3 Å². The zero-order chi connectivity index (χ0) is 17.5. The van der Waals surface area contributed by atoms with Crippen LogP contribution in [-0.4, -0.2) is 32.3 Å². The molecule has 0 saturated carbocycles. The van der Waals surface area contributed by atoms with Gasteiger partial charge in [0, 0.05) is 24.3 Å². The first-order chi connectivity index (χ1) is 12.3. The lowest BCUT2D eigenvalue weighted by Crippen LogP contribution is -2.23. The van der Waals surface area contributed by atoms with Crippen LogP contribution in [0.3, 0.4) is 0 Å². The van der Waals surface area contributed by atoms with Gasteiger partial charge in [0.1, 0.15) is 18.1 Å². The molecule has 5 nitrogen and oxygen atoms in total. The number of rotatable bonds is 7. The van der Waals surface area contributed by atoms with E-state index >= 15 is 0 Å². The zero-order valence-corrected chi connectivity index (χ0v) is 14.4. The topological polar surface area (TPSA) is 56.8 Å². The Morgan fingerprint density at radius 3 is 2.72 bits per heavy atom. The van der Waals surface area contributed by atoms with Crippen LogP contribution in [0.2, 0.25) is 0 Å². The molecule has 2 aromatic carbocycles. The molecule has 3 rings (SSSR count). The lowest BCUT2D eigenvalue weighted by molar-refractivity contribution is 0.0679. The minimum atomic E-state index is -0.128. The van der Waals surface area contributed by atoms with Gasteiger partial charge in [0.2, 0.25) is 0 Å². The molecule has 1 heterocycles. The van der Waals surface area contributed by atoms with E-state index in [0.29, 0.717) is 18.7 Å². The minimum absolute atomic E-state index is 0.128. The van der Waals surface area contributed by atoms with E-state index in [4.69, 9.17) is 14.2 Å². The van der Waals surface area contributed by atoms with Gasteiger partial charge in [-0.15, -0.1) is 0 Å². The van der Waals surface area contributed by atoms with Gasteiger partial charge in [0.15, 0.2) is 0 Å². The van der Waals surface area contributed by atoms with Gasteiger partial charge in [0.05, 0.1) is 13.2 Å². The fourth-order valence-electron chi connectivity index (χ4n) is 2.79. The summed E-state index contributed by atoms with van der Waals surface area (Å²) in [4.78, 5) is 12.3. The number of hydrogen-bond acceptors (Lipinski definition) is 4. The molecule has 1 atom stereocenters. The Bertz CT molecular complexity index is 693. The van der Waals surface area contributed by atoms with Crippen molar-refractivity contribution in [3.63, 3.8) is 0 Å². The number of ether oxygens (including phenoxy) is 3. The minimum Gasteiger partial charge on any atom is -0.496 e. The molecule has 1 aliphatic rings. The standard InChI is InChI=1S/C20H23NO4/c1-23-19-7-3-2-5-16(19)13-21-20(22)15-8-10-17(11-9-15)25-14-18-6-4-12-24-18/h2-3,5,7-11,18H,4,6,12-14H2,1H3,(H,21,22)/t18-/m1/s1. The summed E-state index contributed by atoms with van der Waals surface area (Å²) < 4.78 is 16.5. The Kier molecular flexibility index (Phi) is 5.90. The van der Waals surface area contributed by atoms with Crippen molar-refractivity contribution in [3.05, 3.63) is 59.7 Å². The van der Waals surface area contributed by atoms with Crippen molar-refractivity contribution in [1.29, 1.82) is 0 Å². The van der Waals surface area contributed by atoms with Gasteiger partial charge < -0.3 is 19.5 Å². The number of nitrogens with one attached hydrogen (secondary N) is 1. The first-order valence-electron chi connectivity index (χ1n) is 8.51. The van der Waals surface area contributed by atoms with E-state index in [1.165, 1.54) is 0 Å². The van der Waals surface area contributed by atoms with Gasteiger partial charge in [-0.05, 0) is 43.2 Å². The van der Waals surface area contributed by atoms with Gasteiger partial charge in [-0.1, -0.05) is 18.2 Å². The maximum atomic E-state index is 12.3. The lowest BCUT2D eigenvalue weighted by Gasteiger charge is -2.12. The molecular weight excluding hydrogens is 318 g/mol. The fourth-order valence-corrected chi connectivity index (χ4v) is 2.79. The number of methoxy groups -OCH3 is 1. The number of para-hydroxylation sites is 1. The third-order valence-electron chi connectivity index (χ3n) is 4.21. The summed E-state index contributed by atoms with van der Waals surface area (Å²) in [6.07, 6.45) is 2.33. The molecule has 1 amide bonds. The summed E-state index contributed by atoms with van der Waals surface area (Å²) in [6, 6.07) is 14.8. The van der Waals surface area contributed by atoms with Gasteiger partial charge in [0.25, 0.3) is 5.91 Å². The van der Waals surface area contributed by atoms with E-state index in [1.54, 1.807) is 19.2 Å². The van der Waals surface area contributed by atoms with Crippen molar-refractivity contribution < 1.29 is 19.0 Å². The highest BCUT2D eigenvalue weighted by atomic mass is 16.5. The van der Waals surface area contributed by atoms with Crippen LogP contribution in [0.4, 0.5) is 0 Å². The molecule has 0 aromatic heterocycles. The molecule has 1 fully saturated rings. The average molecular weight is 341 g/mol. The maximum Gasteiger partial charge on any atom is 0.251 e. The molecule has 0 radical (unpaired) electrons. The molecule has 0 aliphatic carbocycles. The normalized spacial score (nSPS) is 16.4. The Hall–Kier alpha value is -2.53. The van der Waals surface area contributed by atoms with E-state index in [-0.39, 0.29) is 12.0 Å². The molecule has 5 heteroatoms. The molecular formula is C20H23NO4. The van der Waals surface area contributed by atoms with Crippen LogP contribution in [0.15, 0.2) is 48.5 Å². The number of amides is 1. The van der Waals surface area contributed by atoms with E-state index in [0.717, 1.165) is 36.5 Å². The lowest BCUT2D eigenvalue weighted by atomic mass is 10.1. The Morgan fingerprint density at radius 1 is 1.20 bits per heavy atom.